The molecule has 1 aliphatic carbocycles. The number of anilines is 1. The Morgan fingerprint density at radius 3 is 2.88 bits per heavy atom. The predicted octanol–water partition coefficient (Wildman–Crippen LogP) is 0.386. The first-order chi connectivity index (χ1) is 8.13. The van der Waals surface area contributed by atoms with Crippen molar-refractivity contribution in [3.05, 3.63) is 11.5 Å². The summed E-state index contributed by atoms with van der Waals surface area (Å²) < 4.78 is 11.9. The van der Waals surface area contributed by atoms with E-state index in [4.69, 9.17) is 0 Å². The Hall–Kier alpha value is -0.850. The van der Waals surface area contributed by atoms with Crippen LogP contribution < -0.4 is 5.32 Å². The van der Waals surface area contributed by atoms with Gasteiger partial charge < -0.3 is 15.0 Å². The van der Waals surface area contributed by atoms with Gasteiger partial charge in [-0.15, -0.1) is 0 Å². The van der Waals surface area contributed by atoms with Crippen LogP contribution in [0, 0.1) is 6.92 Å². The average molecular weight is 253 g/mol. The highest BCUT2D eigenvalue weighted by Crippen LogP contribution is 2.40. The van der Waals surface area contributed by atoms with Gasteiger partial charge in [-0.2, -0.15) is 0 Å². The second-order valence-electron chi connectivity index (χ2n) is 4.76. The minimum absolute atomic E-state index is 0.0947. The van der Waals surface area contributed by atoms with Crippen molar-refractivity contribution in [2.45, 2.75) is 36.6 Å². The lowest BCUT2D eigenvalue weighted by Crippen LogP contribution is -2.27. The average Bonchev–Trinajstić information content (AvgIpc) is 2.97. The first kappa shape index (κ1) is 11.3. The summed E-state index contributed by atoms with van der Waals surface area (Å²) >= 11 is -0.996. The zero-order valence-corrected chi connectivity index (χ0v) is 10.5. The largest absolute Gasteiger partial charge is 0.611 e. The van der Waals surface area contributed by atoms with Crippen LogP contribution in [0.25, 0.3) is 0 Å². The van der Waals surface area contributed by atoms with Gasteiger partial charge in [-0.25, -0.2) is 9.97 Å². The zero-order valence-electron chi connectivity index (χ0n) is 9.69. The molecule has 0 saturated heterocycles. The van der Waals surface area contributed by atoms with Gasteiger partial charge in [0.15, 0.2) is 5.82 Å². The molecule has 92 valence electrons. The summed E-state index contributed by atoms with van der Waals surface area (Å²) in [7, 11) is 0. The van der Waals surface area contributed by atoms with E-state index in [-0.39, 0.29) is 12.1 Å². The Kier molecular flexibility index (Phi) is 2.53. The van der Waals surface area contributed by atoms with Gasteiger partial charge in [0.1, 0.15) is 17.3 Å². The molecule has 5 nitrogen and oxygen atoms in total. The summed E-state index contributed by atoms with van der Waals surface area (Å²) in [4.78, 5) is 9.42. The molecule has 0 amide bonds. The van der Waals surface area contributed by atoms with Crippen molar-refractivity contribution in [2.24, 2.45) is 0 Å². The summed E-state index contributed by atoms with van der Waals surface area (Å²) in [5, 5.41) is 12.6. The quantitative estimate of drug-likeness (QED) is 0.761. The third kappa shape index (κ3) is 1.90. The molecule has 2 N–H and O–H groups in total. The lowest BCUT2D eigenvalue weighted by atomic mass is 10.2. The molecule has 1 aromatic rings. The predicted molar refractivity (Wildman–Crippen MR) is 64.4 cm³/mol. The number of fused-ring (bicyclic) bond motifs is 1. The van der Waals surface area contributed by atoms with Crippen molar-refractivity contribution in [3.8, 4) is 0 Å². The van der Waals surface area contributed by atoms with Crippen molar-refractivity contribution in [3.63, 3.8) is 0 Å². The van der Waals surface area contributed by atoms with E-state index in [1.54, 1.807) is 0 Å². The highest BCUT2D eigenvalue weighted by molar-refractivity contribution is 7.91. The van der Waals surface area contributed by atoms with Crippen molar-refractivity contribution >= 4 is 17.0 Å². The fourth-order valence-electron chi connectivity index (χ4n) is 2.13. The summed E-state index contributed by atoms with van der Waals surface area (Å²) in [5.74, 6) is 1.99. The van der Waals surface area contributed by atoms with E-state index in [1.165, 1.54) is 0 Å². The number of aliphatic hydroxyl groups excluding tert-OH is 1. The molecule has 0 aromatic carbocycles. The lowest BCUT2D eigenvalue weighted by molar-refractivity contribution is 0.265. The van der Waals surface area contributed by atoms with E-state index >= 15 is 0 Å². The molecule has 1 saturated carbocycles. The number of aromatic nitrogens is 2. The van der Waals surface area contributed by atoms with E-state index < -0.39 is 11.2 Å². The van der Waals surface area contributed by atoms with Crippen LogP contribution >= 0.6 is 0 Å². The first-order valence-electron chi connectivity index (χ1n) is 5.78. The number of hydrogen-bond donors (Lipinski definition) is 2. The zero-order chi connectivity index (χ0) is 12.0. The summed E-state index contributed by atoms with van der Waals surface area (Å²) in [6, 6.07) is 0. The SMILES string of the molecule is Cc1nc2c(c(NC3(CO)CC3)n1)[S+]([O-])CC2. The summed E-state index contributed by atoms with van der Waals surface area (Å²) in [6.07, 6.45) is 2.63. The van der Waals surface area contributed by atoms with Crippen molar-refractivity contribution in [1.29, 1.82) is 0 Å². The second kappa shape index (κ2) is 3.83. The minimum atomic E-state index is -0.996. The normalized spacial score (nSPS) is 24.5. The molecular weight excluding hydrogens is 238 g/mol. The number of aryl methyl sites for hydroxylation is 2. The van der Waals surface area contributed by atoms with Gasteiger partial charge in [0.2, 0.25) is 4.90 Å². The Balaban J connectivity index is 1.98. The van der Waals surface area contributed by atoms with Crippen molar-refractivity contribution in [1.82, 2.24) is 9.97 Å². The summed E-state index contributed by atoms with van der Waals surface area (Å²) in [6.45, 7) is 1.93. The van der Waals surface area contributed by atoms with Crippen LogP contribution in [0.5, 0.6) is 0 Å². The molecule has 17 heavy (non-hydrogen) atoms. The number of nitrogens with zero attached hydrogens (tertiary/aromatic N) is 2. The van der Waals surface area contributed by atoms with Crippen LogP contribution in [0.15, 0.2) is 4.90 Å². The maximum absolute atomic E-state index is 11.9. The molecule has 0 spiro atoms. The van der Waals surface area contributed by atoms with E-state index in [1.807, 2.05) is 6.92 Å². The Labute approximate surface area is 103 Å². The molecule has 0 bridgehead atoms. The maximum Gasteiger partial charge on any atom is 0.216 e. The highest BCUT2D eigenvalue weighted by atomic mass is 32.2. The molecule has 2 heterocycles. The standard InChI is InChI=1S/C11H15N3O2S/c1-7-12-8-2-5-17(16)9(8)10(13-7)14-11(6-15)3-4-11/h15H,2-6H2,1H3,(H,12,13,14). The molecule has 1 aliphatic heterocycles. The van der Waals surface area contributed by atoms with Gasteiger partial charge in [-0.05, 0) is 30.9 Å². The van der Waals surface area contributed by atoms with Gasteiger partial charge in [-0.3, -0.25) is 0 Å². The van der Waals surface area contributed by atoms with E-state index in [2.05, 4.69) is 15.3 Å². The van der Waals surface area contributed by atoms with Gasteiger partial charge in [0.05, 0.1) is 12.1 Å². The molecule has 1 unspecified atom stereocenters. The second-order valence-corrected chi connectivity index (χ2v) is 6.27. The van der Waals surface area contributed by atoms with E-state index in [9.17, 15) is 9.66 Å². The van der Waals surface area contributed by atoms with Crippen LogP contribution in [0.4, 0.5) is 5.82 Å². The van der Waals surface area contributed by atoms with Gasteiger partial charge in [0.25, 0.3) is 0 Å². The van der Waals surface area contributed by atoms with Crippen LogP contribution in [-0.2, 0) is 17.6 Å². The first-order valence-corrected chi connectivity index (χ1v) is 7.10. The Morgan fingerprint density at radius 1 is 1.47 bits per heavy atom. The van der Waals surface area contributed by atoms with Gasteiger partial charge >= 0.3 is 0 Å². The van der Waals surface area contributed by atoms with Gasteiger partial charge in [0, 0.05) is 6.42 Å². The lowest BCUT2D eigenvalue weighted by Gasteiger charge is -2.17. The summed E-state index contributed by atoms with van der Waals surface area (Å²) in [5.41, 5.74) is 0.661. The highest BCUT2D eigenvalue weighted by Gasteiger charge is 2.44. The van der Waals surface area contributed by atoms with E-state index in [0.717, 1.165) is 29.9 Å². The van der Waals surface area contributed by atoms with Crippen LogP contribution in [0.3, 0.4) is 0 Å². The molecular formula is C11H15N3O2S. The third-order valence-electron chi connectivity index (χ3n) is 3.34. The Bertz CT molecular complexity index is 462. The fraction of sp³-hybridized carbons (Fsp3) is 0.636. The number of aliphatic hydroxyl groups is 1. The molecule has 6 heteroatoms. The van der Waals surface area contributed by atoms with Crippen LogP contribution in [0.1, 0.15) is 24.4 Å². The molecule has 1 aromatic heterocycles. The van der Waals surface area contributed by atoms with Crippen LogP contribution in [0.2, 0.25) is 0 Å². The fourth-order valence-corrected chi connectivity index (χ4v) is 3.44. The topological polar surface area (TPSA) is 81.1 Å². The smallest absolute Gasteiger partial charge is 0.216 e. The van der Waals surface area contributed by atoms with Crippen molar-refractivity contribution in [2.75, 3.05) is 17.7 Å². The minimum Gasteiger partial charge on any atom is -0.611 e. The third-order valence-corrected chi connectivity index (χ3v) is 4.80. The van der Waals surface area contributed by atoms with Crippen molar-refractivity contribution < 1.29 is 9.66 Å². The number of rotatable bonds is 3. The van der Waals surface area contributed by atoms with Crippen LogP contribution in [-0.4, -0.2) is 37.5 Å². The van der Waals surface area contributed by atoms with Gasteiger partial charge in [-0.1, -0.05) is 0 Å². The molecule has 1 fully saturated rings. The number of nitrogens with one attached hydrogen (secondary N) is 1. The molecule has 2 aliphatic rings. The molecule has 0 radical (unpaired) electrons. The number of hydrogen-bond acceptors (Lipinski definition) is 5. The Morgan fingerprint density at radius 2 is 2.24 bits per heavy atom. The van der Waals surface area contributed by atoms with E-state index in [0.29, 0.717) is 17.4 Å². The molecule has 1 atom stereocenters. The molecule has 3 rings (SSSR count). The monoisotopic (exact) mass is 253 g/mol. The maximum atomic E-state index is 11.9.